The number of aryl methyl sites for hydroxylation is 1. The predicted molar refractivity (Wildman–Crippen MR) is 97.2 cm³/mol. The zero-order valence-electron chi connectivity index (χ0n) is 13.8. The Morgan fingerprint density at radius 1 is 1.50 bits per heavy atom. The van der Waals surface area contributed by atoms with E-state index in [0.29, 0.717) is 5.56 Å². The number of ether oxygens (including phenoxy) is 1. The first-order chi connectivity index (χ1) is 11.6. The highest BCUT2D eigenvalue weighted by atomic mass is 79.9. The fraction of sp³-hybridized carbons (Fsp3) is 0.500. The van der Waals surface area contributed by atoms with Gasteiger partial charge in [-0.1, -0.05) is 15.9 Å². The van der Waals surface area contributed by atoms with Gasteiger partial charge in [0.05, 0.1) is 18.8 Å². The fourth-order valence-electron chi connectivity index (χ4n) is 3.44. The smallest absolute Gasteiger partial charge is 0.340 e. The van der Waals surface area contributed by atoms with Crippen molar-refractivity contribution in [2.75, 3.05) is 13.7 Å². The highest BCUT2D eigenvalue weighted by Crippen LogP contribution is 2.26. The molecule has 0 aliphatic carbocycles. The van der Waals surface area contributed by atoms with Crippen molar-refractivity contribution >= 4 is 32.8 Å². The molecule has 1 fully saturated rings. The highest BCUT2D eigenvalue weighted by molar-refractivity contribution is 9.10. The molecule has 24 heavy (non-hydrogen) atoms. The van der Waals surface area contributed by atoms with E-state index in [1.165, 1.54) is 7.11 Å². The van der Waals surface area contributed by atoms with Crippen LogP contribution < -0.4 is 5.32 Å². The van der Waals surface area contributed by atoms with Crippen LogP contribution in [0.2, 0.25) is 0 Å². The number of hydrogen-bond donors (Lipinski definition) is 2. The number of esters is 1. The first kappa shape index (κ1) is 17.5. The first-order valence-corrected chi connectivity index (χ1v) is 9.17. The van der Waals surface area contributed by atoms with E-state index in [2.05, 4.69) is 25.8 Å². The molecule has 1 saturated heterocycles. The zero-order valence-corrected chi connectivity index (χ0v) is 15.4. The van der Waals surface area contributed by atoms with Crippen molar-refractivity contribution in [2.45, 2.75) is 44.4 Å². The maximum absolute atomic E-state index is 12.0. The molecule has 1 aromatic carbocycles. The van der Waals surface area contributed by atoms with Crippen molar-refractivity contribution in [3.8, 4) is 0 Å². The minimum atomic E-state index is -0.318. The summed E-state index contributed by atoms with van der Waals surface area (Å²) in [5.41, 5.74) is 1.61. The Bertz CT molecular complexity index is 728. The molecule has 0 spiro atoms. The van der Waals surface area contributed by atoms with Crippen LogP contribution in [-0.2, 0) is 11.3 Å². The molecule has 3 rings (SSSR count). The third-order valence-corrected chi connectivity index (χ3v) is 5.20. The third kappa shape index (κ3) is 3.66. The lowest BCUT2D eigenvalue weighted by Crippen LogP contribution is -2.44. The van der Waals surface area contributed by atoms with E-state index in [0.717, 1.165) is 54.1 Å². The van der Waals surface area contributed by atoms with E-state index in [-0.39, 0.29) is 18.1 Å². The van der Waals surface area contributed by atoms with Crippen LogP contribution in [0.25, 0.3) is 10.9 Å². The van der Waals surface area contributed by atoms with E-state index in [1.807, 2.05) is 24.4 Å². The molecular formula is C18H23BrN2O3. The predicted octanol–water partition coefficient (Wildman–Crippen LogP) is 3.08. The van der Waals surface area contributed by atoms with Gasteiger partial charge in [-0.05, 0) is 50.4 Å². The number of carbonyl (C=O) groups excluding carboxylic acids is 1. The van der Waals surface area contributed by atoms with Crippen molar-refractivity contribution in [1.82, 2.24) is 9.88 Å². The van der Waals surface area contributed by atoms with Crippen LogP contribution in [0.3, 0.4) is 0 Å². The van der Waals surface area contributed by atoms with E-state index in [1.54, 1.807) is 0 Å². The van der Waals surface area contributed by atoms with Gasteiger partial charge in [0, 0.05) is 34.2 Å². The number of fused-ring (bicyclic) bond motifs is 1. The molecule has 0 amide bonds. The summed E-state index contributed by atoms with van der Waals surface area (Å²) >= 11 is 3.46. The molecular weight excluding hydrogens is 372 g/mol. The number of aromatic nitrogens is 1. The Morgan fingerprint density at radius 2 is 2.33 bits per heavy atom. The van der Waals surface area contributed by atoms with Crippen LogP contribution in [0.5, 0.6) is 0 Å². The lowest BCUT2D eigenvalue weighted by molar-refractivity contribution is 0.0602. The number of aliphatic hydroxyl groups is 1. The van der Waals surface area contributed by atoms with E-state index < -0.39 is 0 Å². The lowest BCUT2D eigenvalue weighted by atomic mass is 9.97. The fourth-order valence-corrected chi connectivity index (χ4v) is 3.80. The van der Waals surface area contributed by atoms with Gasteiger partial charge >= 0.3 is 5.97 Å². The van der Waals surface area contributed by atoms with Crippen LogP contribution in [0.4, 0.5) is 0 Å². The monoisotopic (exact) mass is 394 g/mol. The van der Waals surface area contributed by atoms with Crippen molar-refractivity contribution in [1.29, 1.82) is 0 Å². The highest BCUT2D eigenvalue weighted by Gasteiger charge is 2.22. The van der Waals surface area contributed by atoms with Crippen molar-refractivity contribution in [3.05, 3.63) is 34.4 Å². The third-order valence-electron chi connectivity index (χ3n) is 4.71. The van der Waals surface area contributed by atoms with E-state index in [4.69, 9.17) is 4.74 Å². The molecule has 0 radical (unpaired) electrons. The number of piperidine rings is 1. The van der Waals surface area contributed by atoms with Crippen LogP contribution >= 0.6 is 15.9 Å². The minimum Gasteiger partial charge on any atom is -0.465 e. The topological polar surface area (TPSA) is 63.5 Å². The van der Waals surface area contributed by atoms with Crippen LogP contribution in [0, 0.1) is 0 Å². The molecule has 2 atom stereocenters. The molecule has 1 aromatic heterocycles. The van der Waals surface area contributed by atoms with Gasteiger partial charge in [-0.15, -0.1) is 0 Å². The molecule has 2 heterocycles. The molecule has 1 aliphatic heterocycles. The zero-order chi connectivity index (χ0) is 17.1. The second kappa shape index (κ2) is 7.68. The van der Waals surface area contributed by atoms with Gasteiger partial charge in [0.1, 0.15) is 0 Å². The number of rotatable bonds is 5. The van der Waals surface area contributed by atoms with Gasteiger partial charge in [0.15, 0.2) is 0 Å². The number of hydrogen-bond acceptors (Lipinski definition) is 4. The Kier molecular flexibility index (Phi) is 5.58. The quantitative estimate of drug-likeness (QED) is 0.764. The molecule has 0 saturated carbocycles. The minimum absolute atomic E-state index is 0.176. The SMILES string of the molecule is COC(=O)c1cn(CCCC2NCCCC2O)c2ccc(Br)cc12. The average Bonchev–Trinajstić information content (AvgIpc) is 2.94. The Labute approximate surface area is 150 Å². The maximum Gasteiger partial charge on any atom is 0.340 e. The summed E-state index contributed by atoms with van der Waals surface area (Å²) in [4.78, 5) is 12.0. The number of benzene rings is 1. The molecule has 0 bridgehead atoms. The van der Waals surface area contributed by atoms with Gasteiger partial charge in [-0.3, -0.25) is 0 Å². The molecule has 2 unspecified atom stereocenters. The van der Waals surface area contributed by atoms with Gasteiger partial charge in [-0.2, -0.15) is 0 Å². The number of carbonyl (C=O) groups is 1. The number of nitrogens with one attached hydrogen (secondary N) is 1. The van der Waals surface area contributed by atoms with E-state index in [9.17, 15) is 9.90 Å². The largest absolute Gasteiger partial charge is 0.465 e. The number of aliphatic hydroxyl groups excluding tert-OH is 1. The van der Waals surface area contributed by atoms with E-state index >= 15 is 0 Å². The summed E-state index contributed by atoms with van der Waals surface area (Å²) in [6.45, 7) is 1.79. The second-order valence-corrected chi connectivity index (χ2v) is 7.22. The Morgan fingerprint density at radius 3 is 3.08 bits per heavy atom. The van der Waals surface area contributed by atoms with Gasteiger partial charge in [-0.25, -0.2) is 4.79 Å². The van der Waals surface area contributed by atoms with Crippen molar-refractivity contribution in [2.24, 2.45) is 0 Å². The molecule has 2 N–H and O–H groups in total. The van der Waals surface area contributed by atoms with Crippen LogP contribution in [0.15, 0.2) is 28.9 Å². The summed E-state index contributed by atoms with van der Waals surface area (Å²) in [6, 6.07) is 6.12. The lowest BCUT2D eigenvalue weighted by Gasteiger charge is -2.29. The maximum atomic E-state index is 12.0. The summed E-state index contributed by atoms with van der Waals surface area (Å²) in [7, 11) is 1.40. The first-order valence-electron chi connectivity index (χ1n) is 8.38. The number of methoxy groups -OCH3 is 1. The standard InChI is InChI=1S/C18H23BrN2O3/c1-24-18(23)14-11-21(16-7-6-12(19)10-13(14)16)9-3-4-15-17(22)5-2-8-20-15/h6-7,10-11,15,17,20,22H,2-5,8-9H2,1H3. The molecule has 6 heteroatoms. The summed E-state index contributed by atoms with van der Waals surface area (Å²) in [5.74, 6) is -0.318. The van der Waals surface area contributed by atoms with Crippen molar-refractivity contribution < 1.29 is 14.6 Å². The van der Waals surface area contributed by atoms with Crippen LogP contribution in [0.1, 0.15) is 36.0 Å². The molecule has 5 nitrogen and oxygen atoms in total. The van der Waals surface area contributed by atoms with Crippen LogP contribution in [-0.4, -0.2) is 41.4 Å². The summed E-state index contributed by atoms with van der Waals surface area (Å²) < 4.78 is 7.94. The molecule has 2 aromatic rings. The number of nitrogens with zero attached hydrogens (tertiary/aromatic N) is 1. The van der Waals surface area contributed by atoms with Gasteiger partial charge in [0.2, 0.25) is 0 Å². The summed E-state index contributed by atoms with van der Waals surface area (Å²) in [6.07, 6.45) is 5.40. The molecule has 130 valence electrons. The Balaban J connectivity index is 1.75. The Hall–Kier alpha value is -1.37. The van der Waals surface area contributed by atoms with Gasteiger partial charge < -0.3 is 19.7 Å². The summed E-state index contributed by atoms with van der Waals surface area (Å²) in [5, 5.41) is 14.3. The normalized spacial score (nSPS) is 21.1. The van der Waals surface area contributed by atoms with Crippen molar-refractivity contribution in [3.63, 3.8) is 0 Å². The number of halogens is 1. The average molecular weight is 395 g/mol. The second-order valence-electron chi connectivity index (χ2n) is 6.30. The van der Waals surface area contributed by atoms with Gasteiger partial charge in [0.25, 0.3) is 0 Å². The molecule has 1 aliphatic rings.